The molecule has 0 bridgehead atoms. The molecule has 30 heavy (non-hydrogen) atoms. The van der Waals surface area contributed by atoms with E-state index in [1.807, 2.05) is 18.2 Å². The summed E-state index contributed by atoms with van der Waals surface area (Å²) in [7, 11) is 0. The van der Waals surface area contributed by atoms with Crippen LogP contribution in [-0.4, -0.2) is 17.8 Å². The number of esters is 1. The molecular weight excluding hydrogens is 396 g/mol. The lowest BCUT2D eigenvalue weighted by atomic mass is 10.0. The fourth-order valence-corrected chi connectivity index (χ4v) is 3.80. The monoisotopic (exact) mass is 436 g/mol. The summed E-state index contributed by atoms with van der Waals surface area (Å²) in [6, 6.07) is 9.19. The molecule has 0 aromatic heterocycles. The van der Waals surface area contributed by atoms with Crippen LogP contribution in [0.2, 0.25) is 0 Å². The fourth-order valence-electron chi connectivity index (χ4n) is 3.66. The van der Waals surface area contributed by atoms with E-state index >= 15 is 0 Å². The maximum Gasteiger partial charge on any atom is 0.338 e. The van der Waals surface area contributed by atoms with E-state index in [0.29, 0.717) is 18.6 Å². The van der Waals surface area contributed by atoms with Crippen LogP contribution in [0.3, 0.4) is 0 Å². The Morgan fingerprint density at radius 1 is 0.600 bits per heavy atom. The highest BCUT2D eigenvalue weighted by molar-refractivity contribution is 6.63. The molecule has 0 aliphatic heterocycles. The molecule has 3 nitrogen and oxygen atoms in total. The largest absolute Gasteiger partial charge is 0.462 e. The molecule has 0 atom stereocenters. The van der Waals surface area contributed by atoms with Crippen molar-refractivity contribution in [2.45, 2.75) is 109 Å². The Balaban J connectivity index is 1.73. The maximum absolute atomic E-state index is 11.8. The normalized spacial score (nSPS) is 10.8. The van der Waals surface area contributed by atoms with Crippen molar-refractivity contribution >= 4 is 22.8 Å². The average Bonchev–Trinajstić information content (AvgIpc) is 2.75. The van der Waals surface area contributed by atoms with Gasteiger partial charge in [-0.1, -0.05) is 108 Å². The second kappa shape index (κ2) is 19.6. The van der Waals surface area contributed by atoms with E-state index in [1.165, 1.54) is 77.0 Å². The number of benzene rings is 1. The molecule has 4 heteroatoms. The van der Waals surface area contributed by atoms with Gasteiger partial charge in [-0.2, -0.15) is 0 Å². The standard InChI is InChI=1S/C26H41ClO3/c27-25(28)22-18-13-11-9-7-5-3-1-2-4-6-8-10-12-14-19-23-30-26(29)24-20-16-15-17-21-24/h15-17,20-21H,1-14,18-19,22-23H2. The van der Waals surface area contributed by atoms with Crippen LogP contribution in [0.15, 0.2) is 30.3 Å². The quantitative estimate of drug-likeness (QED) is 0.117. The number of hydrogen-bond acceptors (Lipinski definition) is 3. The number of ether oxygens (including phenoxy) is 1. The summed E-state index contributed by atoms with van der Waals surface area (Å²) in [4.78, 5) is 22.4. The molecule has 1 aromatic rings. The third-order valence-electron chi connectivity index (χ3n) is 5.51. The second-order valence-corrected chi connectivity index (χ2v) is 8.69. The van der Waals surface area contributed by atoms with Gasteiger partial charge in [0, 0.05) is 6.42 Å². The predicted molar refractivity (Wildman–Crippen MR) is 126 cm³/mol. The minimum Gasteiger partial charge on any atom is -0.462 e. The SMILES string of the molecule is O=C(Cl)CCCCCCCCCCCCCCCCCCOC(=O)c1ccccc1. The Bertz CT molecular complexity index is 544. The summed E-state index contributed by atoms with van der Waals surface area (Å²) in [5.74, 6) is -0.212. The van der Waals surface area contributed by atoms with Gasteiger partial charge in [0.2, 0.25) is 5.24 Å². The van der Waals surface area contributed by atoms with Crippen molar-refractivity contribution < 1.29 is 14.3 Å². The highest BCUT2D eigenvalue weighted by atomic mass is 35.5. The third kappa shape index (κ3) is 16.4. The van der Waals surface area contributed by atoms with Gasteiger partial charge in [-0.3, -0.25) is 4.79 Å². The smallest absolute Gasteiger partial charge is 0.338 e. The highest BCUT2D eigenvalue weighted by Gasteiger charge is 2.04. The molecule has 0 spiro atoms. The van der Waals surface area contributed by atoms with Gasteiger partial charge in [0.1, 0.15) is 0 Å². The molecular formula is C26H41ClO3. The summed E-state index contributed by atoms with van der Waals surface area (Å²) >= 11 is 5.33. The summed E-state index contributed by atoms with van der Waals surface area (Å²) in [5, 5.41) is -0.197. The van der Waals surface area contributed by atoms with Crippen LogP contribution in [-0.2, 0) is 9.53 Å². The molecule has 0 fully saturated rings. The lowest BCUT2D eigenvalue weighted by molar-refractivity contribution is -0.111. The van der Waals surface area contributed by atoms with Crippen molar-refractivity contribution in [3.63, 3.8) is 0 Å². The molecule has 1 rings (SSSR count). The summed E-state index contributed by atoms with van der Waals surface area (Å²) in [6.07, 6.45) is 20.6. The first kappa shape index (κ1) is 26.7. The van der Waals surface area contributed by atoms with Gasteiger partial charge in [0.05, 0.1) is 12.2 Å². The van der Waals surface area contributed by atoms with Crippen molar-refractivity contribution in [3.05, 3.63) is 35.9 Å². The second-order valence-electron chi connectivity index (χ2n) is 8.26. The number of hydrogen-bond donors (Lipinski definition) is 0. The highest BCUT2D eigenvalue weighted by Crippen LogP contribution is 2.14. The van der Waals surface area contributed by atoms with E-state index in [2.05, 4.69) is 0 Å². The number of carbonyl (C=O) groups is 2. The molecule has 0 saturated carbocycles. The van der Waals surface area contributed by atoms with Crippen LogP contribution in [0.5, 0.6) is 0 Å². The Labute approximate surface area is 188 Å². The van der Waals surface area contributed by atoms with Crippen LogP contribution < -0.4 is 0 Å². The predicted octanol–water partition coefficient (Wildman–Crippen LogP) is 8.24. The Morgan fingerprint density at radius 3 is 1.43 bits per heavy atom. The van der Waals surface area contributed by atoms with Crippen LogP contribution in [0, 0.1) is 0 Å². The maximum atomic E-state index is 11.8. The van der Waals surface area contributed by atoms with Gasteiger partial charge >= 0.3 is 5.97 Å². The van der Waals surface area contributed by atoms with E-state index in [1.54, 1.807) is 12.1 Å². The molecule has 0 unspecified atom stereocenters. The first-order valence-electron chi connectivity index (χ1n) is 12.1. The Kier molecular flexibility index (Phi) is 17.4. The topological polar surface area (TPSA) is 43.4 Å². The lowest BCUT2D eigenvalue weighted by Crippen LogP contribution is -2.06. The van der Waals surface area contributed by atoms with Gasteiger partial charge in [-0.05, 0) is 36.6 Å². The van der Waals surface area contributed by atoms with Crippen molar-refractivity contribution in [2.24, 2.45) is 0 Å². The molecule has 0 aliphatic rings. The van der Waals surface area contributed by atoms with Gasteiger partial charge in [-0.15, -0.1) is 0 Å². The molecule has 1 aromatic carbocycles. The summed E-state index contributed by atoms with van der Waals surface area (Å²) in [5.41, 5.74) is 0.634. The van der Waals surface area contributed by atoms with E-state index in [0.717, 1.165) is 25.7 Å². The van der Waals surface area contributed by atoms with Crippen molar-refractivity contribution in [1.82, 2.24) is 0 Å². The van der Waals surface area contributed by atoms with E-state index in [9.17, 15) is 9.59 Å². The molecule has 0 radical (unpaired) electrons. The van der Waals surface area contributed by atoms with Crippen molar-refractivity contribution in [1.29, 1.82) is 0 Å². The lowest BCUT2D eigenvalue weighted by Gasteiger charge is -2.05. The van der Waals surface area contributed by atoms with Gasteiger partial charge in [0.25, 0.3) is 0 Å². The van der Waals surface area contributed by atoms with Crippen LogP contribution >= 0.6 is 11.6 Å². The van der Waals surface area contributed by atoms with Gasteiger partial charge in [-0.25, -0.2) is 4.79 Å². The fraction of sp³-hybridized carbons (Fsp3) is 0.692. The molecule has 0 aliphatic carbocycles. The Morgan fingerprint density at radius 2 is 1.00 bits per heavy atom. The van der Waals surface area contributed by atoms with Gasteiger partial charge < -0.3 is 4.74 Å². The minimum atomic E-state index is -0.212. The van der Waals surface area contributed by atoms with Crippen LogP contribution in [0.25, 0.3) is 0 Å². The van der Waals surface area contributed by atoms with Gasteiger partial charge in [0.15, 0.2) is 0 Å². The molecule has 0 saturated heterocycles. The number of rotatable bonds is 20. The van der Waals surface area contributed by atoms with Crippen LogP contribution in [0.4, 0.5) is 0 Å². The first-order chi connectivity index (χ1) is 14.7. The molecule has 170 valence electrons. The van der Waals surface area contributed by atoms with Crippen molar-refractivity contribution in [3.8, 4) is 0 Å². The van der Waals surface area contributed by atoms with E-state index < -0.39 is 0 Å². The molecule has 0 heterocycles. The van der Waals surface area contributed by atoms with Crippen molar-refractivity contribution in [2.75, 3.05) is 6.61 Å². The zero-order valence-electron chi connectivity index (χ0n) is 18.7. The summed E-state index contributed by atoms with van der Waals surface area (Å²) < 4.78 is 5.30. The number of halogens is 1. The minimum absolute atomic E-state index is 0.197. The average molecular weight is 437 g/mol. The van der Waals surface area contributed by atoms with E-state index in [-0.39, 0.29) is 11.2 Å². The molecule has 0 N–H and O–H groups in total. The van der Waals surface area contributed by atoms with E-state index in [4.69, 9.17) is 16.3 Å². The zero-order chi connectivity index (χ0) is 21.7. The molecule has 0 amide bonds. The Hall–Kier alpha value is -1.35. The zero-order valence-corrected chi connectivity index (χ0v) is 19.5. The number of unbranched alkanes of at least 4 members (excludes halogenated alkanes) is 15. The first-order valence-corrected chi connectivity index (χ1v) is 12.5. The summed E-state index contributed by atoms with van der Waals surface area (Å²) in [6.45, 7) is 0.529. The third-order valence-corrected chi connectivity index (χ3v) is 5.70. The number of carbonyl (C=O) groups excluding carboxylic acids is 2. The van der Waals surface area contributed by atoms with Crippen LogP contribution in [0.1, 0.15) is 120 Å².